The Morgan fingerprint density at radius 2 is 0.829 bits per heavy atom. The lowest BCUT2D eigenvalue weighted by atomic mass is 9.44. The number of nitrogens with two attached hydrogens (primary N) is 1. The molecular weight excluding hydrogens is 943 g/mol. The third-order valence-electron chi connectivity index (χ3n) is 25.4. The number of nitrogens with zero attached hydrogens (tertiary/aromatic N) is 10. The summed E-state index contributed by atoms with van der Waals surface area (Å²) in [5.74, 6) is 18.0. The van der Waals surface area contributed by atoms with Gasteiger partial charge in [0.15, 0.2) is 11.6 Å². The van der Waals surface area contributed by atoms with Crippen molar-refractivity contribution in [2.75, 3.05) is 6.54 Å². The molecule has 20 fully saturated rings. The maximum absolute atomic E-state index is 11.6. The van der Waals surface area contributed by atoms with Crippen LogP contribution >= 0.6 is 0 Å². The summed E-state index contributed by atoms with van der Waals surface area (Å²) in [5, 5.41) is 66.1. The molecule has 76 heavy (non-hydrogen) atoms. The van der Waals surface area contributed by atoms with E-state index in [2.05, 4.69) is 65.5 Å². The fraction of sp³-hybridized carbons (Fsp3) is 0.855. The smallest absolute Gasteiger partial charge is 0.176 e. The number of carbonyl (C=O) groups excluding carboxylic acids is 1. The second-order valence-corrected chi connectivity index (χ2v) is 29.2. The third kappa shape index (κ3) is 8.98. The number of aromatic amines is 2. The molecule has 0 aliphatic heterocycles. The standard InChI is InChI=1S/C13H21N5.C13H17N5.C13H16N2.C13H17N.C10H14O/c2*14-7-13(6-12-15-17-18-16-12)10-2-8-1-9(4-10)5-11(13)3-8;14-2-1-13(8-15)11-4-9-3-10(6-11)7-12(13)5-9;1-8(7-14)13-11-3-9-2-10(5-11)6-12(13)4-9;11-10-8-2-6-1-7(4-8)5-9(10)3-6/h8-11H,1-7,14H2,(H,15,16,17,18);8-11H,1-6H2,(H,15,16,17,18);9-12H,1,3-7H2;9-12H,2-6H2,1H3;6-9H,1-5H2. The van der Waals surface area contributed by atoms with Crippen LogP contribution in [0.1, 0.15) is 186 Å². The molecule has 20 saturated carbocycles. The molecule has 404 valence electrons. The molecule has 20 bridgehead atoms. The molecule has 4 N–H and O–H groups in total. The minimum absolute atomic E-state index is 0.211. The molecular formula is C62H85N13O. The van der Waals surface area contributed by atoms with Gasteiger partial charge >= 0.3 is 0 Å². The quantitative estimate of drug-likeness (QED) is 0.229. The summed E-state index contributed by atoms with van der Waals surface area (Å²) in [6, 6.07) is 9.85. The van der Waals surface area contributed by atoms with Crippen LogP contribution in [0.5, 0.6) is 0 Å². The van der Waals surface area contributed by atoms with Gasteiger partial charge in [-0.2, -0.15) is 31.5 Å². The van der Waals surface area contributed by atoms with Crippen LogP contribution in [0.4, 0.5) is 0 Å². The van der Waals surface area contributed by atoms with Crippen LogP contribution in [0.2, 0.25) is 0 Å². The van der Waals surface area contributed by atoms with Crippen molar-refractivity contribution < 1.29 is 4.79 Å². The molecule has 0 radical (unpaired) electrons. The summed E-state index contributed by atoms with van der Waals surface area (Å²) in [6.07, 6.45) is 35.3. The van der Waals surface area contributed by atoms with E-state index in [0.717, 1.165) is 107 Å². The largest absolute Gasteiger partial charge is 0.330 e. The van der Waals surface area contributed by atoms with Gasteiger partial charge in [-0.3, -0.25) is 4.79 Å². The number of rotatable bonds is 6. The van der Waals surface area contributed by atoms with E-state index in [1.54, 1.807) is 5.57 Å². The van der Waals surface area contributed by atoms with E-state index in [1.807, 2.05) is 6.92 Å². The highest BCUT2D eigenvalue weighted by atomic mass is 16.1. The summed E-state index contributed by atoms with van der Waals surface area (Å²) in [5.41, 5.74) is 8.60. The second-order valence-electron chi connectivity index (χ2n) is 29.2. The van der Waals surface area contributed by atoms with E-state index in [4.69, 9.17) is 16.3 Å². The van der Waals surface area contributed by atoms with Crippen LogP contribution in [0, 0.1) is 180 Å². The molecule has 2 heterocycles. The minimum atomic E-state index is -0.262. The molecule has 20 aliphatic rings. The maximum Gasteiger partial charge on any atom is 0.176 e. The molecule has 0 atom stereocenters. The number of Topliss-reactive ketones (excluding diaryl/α,β-unsaturated/α-hetero) is 1. The molecule has 0 saturated heterocycles. The average Bonchev–Trinajstić information content (AvgIpc) is 4.14. The zero-order valence-electron chi connectivity index (χ0n) is 45.5. The number of hydrogen-bond donors (Lipinski definition) is 3. The van der Waals surface area contributed by atoms with Crippen LogP contribution in [0.15, 0.2) is 11.1 Å². The summed E-state index contributed by atoms with van der Waals surface area (Å²) < 4.78 is 0. The van der Waals surface area contributed by atoms with E-state index >= 15 is 0 Å². The number of ketones is 1. The monoisotopic (exact) mass is 1030 g/mol. The van der Waals surface area contributed by atoms with Crippen molar-refractivity contribution in [1.82, 2.24) is 41.2 Å². The Hall–Kier alpha value is -4.53. The maximum atomic E-state index is 11.6. The Labute approximate surface area is 451 Å². The number of H-pyrrole nitrogens is 2. The Morgan fingerprint density at radius 3 is 1.16 bits per heavy atom. The first-order valence-electron chi connectivity index (χ1n) is 31.0. The molecule has 0 aromatic carbocycles. The SMILES string of the molecule is CC(C#N)=C1C2CC3CC(C2)CC1C3.N#CC1(Cc2nn[nH]n2)C2CC3CC(C2)CC1C3.N#CCC1(C#N)C2CC3CC(C2)CC1C3.NCC1(Cc2nn[nH]n2)C2CC3CC(C2)CC1C3.O=C1C2CC3CC(C2)CC1C3. The average molecular weight is 1030 g/mol. The molecule has 2 aromatic rings. The van der Waals surface area contributed by atoms with Gasteiger partial charge in [0.1, 0.15) is 5.78 Å². The van der Waals surface area contributed by atoms with Crippen LogP contribution in [-0.2, 0) is 17.6 Å². The van der Waals surface area contributed by atoms with Crippen molar-refractivity contribution in [3.05, 3.63) is 22.8 Å². The molecule has 14 heteroatoms. The molecule has 0 amide bonds. The zero-order chi connectivity index (χ0) is 51.9. The Balaban J connectivity index is 0.0000000918. The van der Waals surface area contributed by atoms with Crippen LogP contribution in [-0.4, -0.2) is 53.6 Å². The van der Waals surface area contributed by atoms with E-state index in [1.165, 1.54) is 161 Å². The van der Waals surface area contributed by atoms with Gasteiger partial charge in [0, 0.05) is 30.3 Å². The third-order valence-corrected chi connectivity index (χ3v) is 25.4. The number of nitriles is 4. The van der Waals surface area contributed by atoms with Crippen LogP contribution < -0.4 is 5.73 Å². The van der Waals surface area contributed by atoms with Crippen molar-refractivity contribution in [2.45, 2.75) is 187 Å². The summed E-state index contributed by atoms with van der Waals surface area (Å²) in [4.78, 5) is 11.6. The predicted molar refractivity (Wildman–Crippen MR) is 282 cm³/mol. The highest BCUT2D eigenvalue weighted by molar-refractivity contribution is 5.85. The molecule has 0 spiro atoms. The number of tetrazole rings is 2. The Kier molecular flexibility index (Phi) is 13.6. The number of carbonyl (C=O) groups is 1. The Bertz CT molecular complexity index is 2500. The van der Waals surface area contributed by atoms with Crippen molar-refractivity contribution in [3.8, 4) is 24.3 Å². The van der Waals surface area contributed by atoms with Gasteiger partial charge in [-0.15, -0.1) is 20.4 Å². The minimum Gasteiger partial charge on any atom is -0.330 e. The molecule has 20 aliphatic carbocycles. The summed E-state index contributed by atoms with van der Waals surface area (Å²) >= 11 is 0. The number of nitrogens with one attached hydrogen (secondary N) is 2. The highest BCUT2D eigenvalue weighted by Gasteiger charge is 2.60. The first-order chi connectivity index (χ1) is 37.0. The van der Waals surface area contributed by atoms with Gasteiger partial charge < -0.3 is 5.73 Å². The number of allylic oxidation sites excluding steroid dienone is 2. The molecule has 0 unspecified atom stereocenters. The van der Waals surface area contributed by atoms with Gasteiger partial charge in [-0.1, -0.05) is 16.0 Å². The summed E-state index contributed by atoms with van der Waals surface area (Å²) in [6.45, 7) is 2.81. The second kappa shape index (κ2) is 20.3. The van der Waals surface area contributed by atoms with Gasteiger partial charge in [0.25, 0.3) is 0 Å². The number of aromatic nitrogens is 8. The molecule has 14 nitrogen and oxygen atoms in total. The van der Waals surface area contributed by atoms with Crippen molar-refractivity contribution in [2.24, 2.45) is 140 Å². The van der Waals surface area contributed by atoms with E-state index in [9.17, 15) is 15.3 Å². The topological polar surface area (TPSA) is 247 Å². The van der Waals surface area contributed by atoms with Crippen molar-refractivity contribution in [1.29, 1.82) is 21.0 Å². The van der Waals surface area contributed by atoms with Crippen molar-refractivity contribution >= 4 is 5.78 Å². The normalized spacial score (nSPS) is 47.4. The van der Waals surface area contributed by atoms with Gasteiger partial charge in [-0.25, -0.2) is 0 Å². The Morgan fingerprint density at radius 1 is 0.487 bits per heavy atom. The zero-order valence-corrected chi connectivity index (χ0v) is 45.5. The fourth-order valence-corrected chi connectivity index (χ4v) is 23.1. The fourth-order valence-electron chi connectivity index (χ4n) is 23.1. The van der Waals surface area contributed by atoms with Crippen LogP contribution in [0.3, 0.4) is 0 Å². The van der Waals surface area contributed by atoms with Crippen LogP contribution in [0.25, 0.3) is 0 Å². The molecule has 22 rings (SSSR count). The number of hydrogen-bond acceptors (Lipinski definition) is 12. The summed E-state index contributed by atoms with van der Waals surface area (Å²) in [7, 11) is 0. The molecule has 2 aromatic heterocycles. The van der Waals surface area contributed by atoms with E-state index in [-0.39, 0.29) is 16.2 Å². The lowest BCUT2D eigenvalue weighted by Crippen LogP contribution is -2.57. The van der Waals surface area contributed by atoms with E-state index in [0.29, 0.717) is 60.0 Å². The lowest BCUT2D eigenvalue weighted by molar-refractivity contribution is -0.139. The van der Waals surface area contributed by atoms with Gasteiger partial charge in [0.2, 0.25) is 0 Å². The van der Waals surface area contributed by atoms with Crippen molar-refractivity contribution in [3.63, 3.8) is 0 Å². The highest BCUT2D eigenvalue weighted by Crippen LogP contribution is 2.66. The van der Waals surface area contributed by atoms with Gasteiger partial charge in [-0.05, 0) is 286 Å². The first-order valence-corrected chi connectivity index (χ1v) is 31.0. The van der Waals surface area contributed by atoms with Gasteiger partial charge in [0.05, 0.1) is 41.5 Å². The van der Waals surface area contributed by atoms with E-state index < -0.39 is 0 Å². The first kappa shape index (κ1) is 50.9. The predicted octanol–water partition coefficient (Wildman–Crippen LogP) is 11.0. The lowest BCUT2D eigenvalue weighted by Gasteiger charge is -2.61.